The van der Waals surface area contributed by atoms with Gasteiger partial charge in [0.2, 0.25) is 5.91 Å². The first-order valence-electron chi connectivity index (χ1n) is 5.86. The van der Waals surface area contributed by atoms with Crippen molar-refractivity contribution in [3.05, 3.63) is 29.3 Å². The standard InChI is InChI=1S/C13H21N3O/c1-4-15-12(17)9-16(3)13-10(2)6-5-7-11(13)8-14/h5-7H,4,8-9,14H2,1-3H3,(H,15,17). The lowest BCUT2D eigenvalue weighted by molar-refractivity contribution is -0.119. The Morgan fingerprint density at radius 2 is 2.18 bits per heavy atom. The predicted molar refractivity (Wildman–Crippen MR) is 71.0 cm³/mol. The molecule has 1 amide bonds. The number of nitrogens with two attached hydrogens (primary N) is 1. The first-order valence-corrected chi connectivity index (χ1v) is 5.86. The molecule has 0 unspecified atom stereocenters. The van der Waals surface area contributed by atoms with Crippen molar-refractivity contribution < 1.29 is 4.79 Å². The van der Waals surface area contributed by atoms with E-state index in [1.165, 1.54) is 0 Å². The van der Waals surface area contributed by atoms with Crippen molar-refractivity contribution >= 4 is 11.6 Å². The fourth-order valence-corrected chi connectivity index (χ4v) is 1.98. The van der Waals surface area contributed by atoms with Gasteiger partial charge in [0.05, 0.1) is 6.54 Å². The lowest BCUT2D eigenvalue weighted by Crippen LogP contribution is -2.35. The summed E-state index contributed by atoms with van der Waals surface area (Å²) in [5, 5.41) is 2.79. The normalized spacial score (nSPS) is 10.1. The Morgan fingerprint density at radius 1 is 1.47 bits per heavy atom. The molecule has 0 spiro atoms. The highest BCUT2D eigenvalue weighted by atomic mass is 16.2. The maximum atomic E-state index is 11.6. The van der Waals surface area contributed by atoms with Crippen LogP contribution in [0.15, 0.2) is 18.2 Å². The summed E-state index contributed by atoms with van der Waals surface area (Å²) in [5.41, 5.74) is 8.98. The predicted octanol–water partition coefficient (Wildman–Crippen LogP) is 1.03. The second-order valence-corrected chi connectivity index (χ2v) is 4.10. The number of hydrogen-bond acceptors (Lipinski definition) is 3. The number of carbonyl (C=O) groups excluding carboxylic acids is 1. The van der Waals surface area contributed by atoms with Crippen LogP contribution in [0, 0.1) is 6.92 Å². The number of rotatable bonds is 5. The second-order valence-electron chi connectivity index (χ2n) is 4.10. The number of likely N-dealkylation sites (N-methyl/N-ethyl adjacent to an activating group) is 2. The summed E-state index contributed by atoms with van der Waals surface area (Å²) in [6.07, 6.45) is 0. The van der Waals surface area contributed by atoms with Crippen molar-refractivity contribution in [3.63, 3.8) is 0 Å². The van der Waals surface area contributed by atoms with Crippen molar-refractivity contribution in [3.8, 4) is 0 Å². The summed E-state index contributed by atoms with van der Waals surface area (Å²) in [7, 11) is 1.91. The zero-order valence-electron chi connectivity index (χ0n) is 10.8. The van der Waals surface area contributed by atoms with Gasteiger partial charge in [-0.3, -0.25) is 4.79 Å². The van der Waals surface area contributed by atoms with Gasteiger partial charge in [-0.1, -0.05) is 18.2 Å². The third kappa shape index (κ3) is 3.46. The molecule has 1 aromatic carbocycles. The minimum absolute atomic E-state index is 0.0289. The largest absolute Gasteiger partial charge is 0.365 e. The highest BCUT2D eigenvalue weighted by Crippen LogP contribution is 2.23. The third-order valence-electron chi connectivity index (χ3n) is 2.68. The first kappa shape index (κ1) is 13.5. The third-order valence-corrected chi connectivity index (χ3v) is 2.68. The van der Waals surface area contributed by atoms with Crippen LogP contribution in [-0.4, -0.2) is 26.0 Å². The van der Waals surface area contributed by atoms with E-state index < -0.39 is 0 Å². The number of hydrogen-bond donors (Lipinski definition) is 2. The van der Waals surface area contributed by atoms with E-state index in [0.29, 0.717) is 19.6 Å². The van der Waals surface area contributed by atoms with E-state index in [-0.39, 0.29) is 5.91 Å². The van der Waals surface area contributed by atoms with Crippen LogP contribution in [-0.2, 0) is 11.3 Å². The fraction of sp³-hybridized carbons (Fsp3) is 0.462. The molecule has 0 saturated carbocycles. The average molecular weight is 235 g/mol. The van der Waals surface area contributed by atoms with E-state index in [9.17, 15) is 4.79 Å². The molecule has 94 valence electrons. The number of para-hydroxylation sites is 1. The second kappa shape index (κ2) is 6.25. The smallest absolute Gasteiger partial charge is 0.239 e. The molecule has 0 aliphatic rings. The van der Waals surface area contributed by atoms with E-state index >= 15 is 0 Å². The molecule has 17 heavy (non-hydrogen) atoms. The minimum atomic E-state index is 0.0289. The Bertz CT molecular complexity index is 390. The molecule has 0 radical (unpaired) electrons. The van der Waals surface area contributed by atoms with Crippen molar-refractivity contribution in [2.75, 3.05) is 25.0 Å². The van der Waals surface area contributed by atoms with Gasteiger partial charge in [-0.15, -0.1) is 0 Å². The summed E-state index contributed by atoms with van der Waals surface area (Å²) in [6.45, 7) is 5.44. The van der Waals surface area contributed by atoms with Crippen molar-refractivity contribution in [1.82, 2.24) is 5.32 Å². The lowest BCUT2D eigenvalue weighted by atomic mass is 10.1. The molecule has 0 fully saturated rings. The summed E-state index contributed by atoms with van der Waals surface area (Å²) in [4.78, 5) is 13.5. The van der Waals surface area contributed by atoms with Crippen molar-refractivity contribution in [2.24, 2.45) is 5.73 Å². The average Bonchev–Trinajstić information content (AvgIpc) is 2.28. The maximum absolute atomic E-state index is 11.6. The van der Waals surface area contributed by atoms with Gasteiger partial charge in [0, 0.05) is 25.8 Å². The molecule has 1 rings (SSSR count). The Morgan fingerprint density at radius 3 is 2.76 bits per heavy atom. The van der Waals surface area contributed by atoms with Gasteiger partial charge in [0.15, 0.2) is 0 Å². The number of benzene rings is 1. The number of carbonyl (C=O) groups is 1. The molecule has 0 heterocycles. The molecule has 0 aliphatic carbocycles. The number of nitrogens with zero attached hydrogens (tertiary/aromatic N) is 1. The van der Waals surface area contributed by atoms with E-state index in [4.69, 9.17) is 5.73 Å². The van der Waals surface area contributed by atoms with Crippen molar-refractivity contribution in [1.29, 1.82) is 0 Å². The Balaban J connectivity index is 2.87. The monoisotopic (exact) mass is 235 g/mol. The Labute approximate surface area is 103 Å². The Hall–Kier alpha value is -1.55. The molecule has 0 saturated heterocycles. The molecule has 0 bridgehead atoms. The summed E-state index contributed by atoms with van der Waals surface area (Å²) in [6, 6.07) is 6.01. The van der Waals surface area contributed by atoms with Crippen LogP contribution in [0.2, 0.25) is 0 Å². The molecule has 1 aromatic rings. The van der Waals surface area contributed by atoms with E-state index in [1.54, 1.807) is 0 Å². The number of aryl methyl sites for hydroxylation is 1. The number of amides is 1. The fourth-order valence-electron chi connectivity index (χ4n) is 1.98. The van der Waals surface area contributed by atoms with E-state index in [1.807, 2.05) is 44.0 Å². The molecular weight excluding hydrogens is 214 g/mol. The zero-order chi connectivity index (χ0) is 12.8. The summed E-state index contributed by atoms with van der Waals surface area (Å²) in [5.74, 6) is 0.0289. The molecule has 0 aliphatic heterocycles. The van der Waals surface area contributed by atoms with Gasteiger partial charge in [-0.05, 0) is 25.0 Å². The highest BCUT2D eigenvalue weighted by Gasteiger charge is 2.12. The molecular formula is C13H21N3O. The minimum Gasteiger partial charge on any atom is -0.365 e. The van der Waals surface area contributed by atoms with Crippen LogP contribution in [0.5, 0.6) is 0 Å². The van der Waals surface area contributed by atoms with Crippen LogP contribution in [0.4, 0.5) is 5.69 Å². The Kier molecular flexibility index (Phi) is 4.97. The van der Waals surface area contributed by atoms with Crippen LogP contribution in [0.3, 0.4) is 0 Å². The quantitative estimate of drug-likeness (QED) is 0.801. The van der Waals surface area contributed by atoms with Crippen LogP contribution < -0.4 is 16.0 Å². The van der Waals surface area contributed by atoms with Gasteiger partial charge in [-0.2, -0.15) is 0 Å². The molecule has 4 nitrogen and oxygen atoms in total. The van der Waals surface area contributed by atoms with E-state index in [0.717, 1.165) is 16.8 Å². The molecule has 3 N–H and O–H groups in total. The van der Waals surface area contributed by atoms with Crippen LogP contribution in [0.25, 0.3) is 0 Å². The summed E-state index contributed by atoms with van der Waals surface area (Å²) >= 11 is 0. The topological polar surface area (TPSA) is 58.4 Å². The van der Waals surface area contributed by atoms with Crippen LogP contribution >= 0.6 is 0 Å². The summed E-state index contributed by atoms with van der Waals surface area (Å²) < 4.78 is 0. The van der Waals surface area contributed by atoms with Crippen LogP contribution in [0.1, 0.15) is 18.1 Å². The number of nitrogens with one attached hydrogen (secondary N) is 1. The molecule has 4 heteroatoms. The molecule has 0 aromatic heterocycles. The van der Waals surface area contributed by atoms with Gasteiger partial charge in [0.1, 0.15) is 0 Å². The van der Waals surface area contributed by atoms with Gasteiger partial charge >= 0.3 is 0 Å². The maximum Gasteiger partial charge on any atom is 0.239 e. The van der Waals surface area contributed by atoms with Gasteiger partial charge < -0.3 is 16.0 Å². The first-order chi connectivity index (χ1) is 8.10. The van der Waals surface area contributed by atoms with Gasteiger partial charge in [0.25, 0.3) is 0 Å². The zero-order valence-corrected chi connectivity index (χ0v) is 10.8. The highest BCUT2D eigenvalue weighted by molar-refractivity contribution is 5.81. The lowest BCUT2D eigenvalue weighted by Gasteiger charge is -2.23. The van der Waals surface area contributed by atoms with Gasteiger partial charge in [-0.25, -0.2) is 0 Å². The SMILES string of the molecule is CCNC(=O)CN(C)c1c(C)cccc1CN. The molecule has 0 atom stereocenters. The van der Waals surface area contributed by atoms with E-state index in [2.05, 4.69) is 5.32 Å². The van der Waals surface area contributed by atoms with Crippen molar-refractivity contribution in [2.45, 2.75) is 20.4 Å². The number of anilines is 1.